The number of nitrogens with zero attached hydrogens (tertiary/aromatic N) is 1. The van der Waals surface area contributed by atoms with Crippen molar-refractivity contribution in [3.05, 3.63) is 0 Å². The summed E-state index contributed by atoms with van der Waals surface area (Å²) in [5.41, 5.74) is 5.54. The van der Waals surface area contributed by atoms with Gasteiger partial charge in [0.2, 0.25) is 5.91 Å². The summed E-state index contributed by atoms with van der Waals surface area (Å²) >= 11 is 0. The first-order valence-electron chi connectivity index (χ1n) is 8.97. The molecule has 1 heterocycles. The van der Waals surface area contributed by atoms with E-state index in [-0.39, 0.29) is 29.6 Å². The first-order valence-corrected chi connectivity index (χ1v) is 8.97. The predicted octanol–water partition coefficient (Wildman–Crippen LogP) is 2.61. The van der Waals surface area contributed by atoms with Gasteiger partial charge < -0.3 is 5.73 Å². The first-order chi connectivity index (χ1) is 10.9. The molecule has 0 spiro atoms. The van der Waals surface area contributed by atoms with Crippen LogP contribution in [-0.2, 0) is 9.59 Å². The average Bonchev–Trinajstić information content (AvgIpc) is 2.42. The van der Waals surface area contributed by atoms with Crippen LogP contribution in [0.5, 0.6) is 0 Å². The fourth-order valence-electron chi connectivity index (χ4n) is 3.10. The Bertz CT molecular complexity index is 458. The van der Waals surface area contributed by atoms with Crippen LogP contribution in [0.4, 0.5) is 0 Å². The van der Waals surface area contributed by atoms with Crippen LogP contribution in [0.2, 0.25) is 0 Å². The summed E-state index contributed by atoms with van der Waals surface area (Å²) in [5.74, 6) is 6.23. The highest BCUT2D eigenvalue weighted by atomic mass is 16.1. The van der Waals surface area contributed by atoms with Crippen molar-refractivity contribution in [1.29, 1.82) is 0 Å². The van der Waals surface area contributed by atoms with Crippen molar-refractivity contribution < 1.29 is 9.59 Å². The van der Waals surface area contributed by atoms with Crippen LogP contribution in [0.25, 0.3) is 0 Å². The minimum Gasteiger partial charge on any atom is -0.369 e. The highest BCUT2D eigenvalue weighted by molar-refractivity contribution is 5.91. The van der Waals surface area contributed by atoms with Crippen LogP contribution >= 0.6 is 0 Å². The molecule has 4 nitrogen and oxygen atoms in total. The number of likely N-dealkylation sites (tertiary alicyclic amines) is 1. The second-order valence-electron chi connectivity index (χ2n) is 6.85. The standard InChI is InChI=1S/C19H32N2O2/c1-5-8-15(10-9-14(3)4)13-17(22)18(21-11-7-12-21)16(6-2)19(20)23/h14-16,18H,5-8,11-13H2,1-4H3,(H2,20,23). The summed E-state index contributed by atoms with van der Waals surface area (Å²) in [6, 6.07) is -0.355. The van der Waals surface area contributed by atoms with Crippen molar-refractivity contribution in [3.63, 3.8) is 0 Å². The lowest BCUT2D eigenvalue weighted by atomic mass is 9.85. The molecule has 4 heteroatoms. The Morgan fingerprint density at radius 3 is 2.22 bits per heavy atom. The van der Waals surface area contributed by atoms with Crippen LogP contribution in [0.1, 0.15) is 59.8 Å². The van der Waals surface area contributed by atoms with Crippen molar-refractivity contribution in [2.75, 3.05) is 13.1 Å². The van der Waals surface area contributed by atoms with E-state index in [1.54, 1.807) is 0 Å². The number of rotatable bonds is 9. The molecule has 0 aromatic rings. The SMILES string of the molecule is CCCC(C#CC(C)C)CC(=O)C(C(CC)C(N)=O)N1CCC1. The third-order valence-corrected chi connectivity index (χ3v) is 4.46. The van der Waals surface area contributed by atoms with Gasteiger partial charge in [-0.25, -0.2) is 0 Å². The molecular formula is C19H32N2O2. The summed E-state index contributed by atoms with van der Waals surface area (Å²) < 4.78 is 0. The Balaban J connectivity index is 2.86. The summed E-state index contributed by atoms with van der Waals surface area (Å²) in [7, 11) is 0. The normalized spacial score (nSPS) is 18.5. The lowest BCUT2D eigenvalue weighted by Crippen LogP contribution is -2.55. The van der Waals surface area contributed by atoms with Gasteiger partial charge in [-0.15, -0.1) is 5.92 Å². The van der Waals surface area contributed by atoms with Gasteiger partial charge in [0.25, 0.3) is 0 Å². The van der Waals surface area contributed by atoms with Gasteiger partial charge in [0.1, 0.15) is 0 Å². The second kappa shape index (κ2) is 9.72. The predicted molar refractivity (Wildman–Crippen MR) is 93.6 cm³/mol. The topological polar surface area (TPSA) is 63.4 Å². The van der Waals surface area contributed by atoms with Crippen LogP contribution in [0, 0.1) is 29.6 Å². The maximum Gasteiger partial charge on any atom is 0.222 e. The quantitative estimate of drug-likeness (QED) is 0.664. The zero-order chi connectivity index (χ0) is 17.4. The summed E-state index contributed by atoms with van der Waals surface area (Å²) in [5, 5.41) is 0. The third-order valence-electron chi connectivity index (χ3n) is 4.46. The Labute approximate surface area is 141 Å². The number of ketones is 1. The molecule has 0 radical (unpaired) electrons. The molecular weight excluding hydrogens is 288 g/mol. The second-order valence-corrected chi connectivity index (χ2v) is 6.85. The van der Waals surface area contributed by atoms with Crippen molar-refractivity contribution in [2.24, 2.45) is 23.5 Å². The van der Waals surface area contributed by atoms with E-state index in [0.717, 1.165) is 32.4 Å². The van der Waals surface area contributed by atoms with E-state index in [1.807, 2.05) is 6.92 Å². The van der Waals surface area contributed by atoms with E-state index >= 15 is 0 Å². The van der Waals surface area contributed by atoms with Crippen LogP contribution in [0.15, 0.2) is 0 Å². The molecule has 0 aromatic carbocycles. The maximum atomic E-state index is 12.9. The lowest BCUT2D eigenvalue weighted by Gasteiger charge is -2.40. The van der Waals surface area contributed by atoms with Crippen LogP contribution in [-0.4, -0.2) is 35.7 Å². The fourth-order valence-corrected chi connectivity index (χ4v) is 3.10. The zero-order valence-electron chi connectivity index (χ0n) is 15.1. The molecule has 2 N–H and O–H groups in total. The molecule has 0 aliphatic carbocycles. The summed E-state index contributed by atoms with van der Waals surface area (Å²) in [6.07, 6.45) is 4.05. The van der Waals surface area contributed by atoms with Gasteiger partial charge in [-0.05, 0) is 19.3 Å². The smallest absolute Gasteiger partial charge is 0.222 e. The van der Waals surface area contributed by atoms with Crippen LogP contribution in [0.3, 0.4) is 0 Å². The molecule has 23 heavy (non-hydrogen) atoms. The molecule has 1 saturated heterocycles. The number of hydrogen-bond acceptors (Lipinski definition) is 3. The lowest BCUT2D eigenvalue weighted by molar-refractivity contribution is -0.136. The van der Waals surface area contributed by atoms with Gasteiger partial charge in [-0.2, -0.15) is 0 Å². The molecule has 1 amide bonds. The average molecular weight is 320 g/mol. The molecule has 0 aromatic heterocycles. The van der Waals surface area contributed by atoms with E-state index < -0.39 is 0 Å². The van der Waals surface area contributed by atoms with Gasteiger partial charge in [0.15, 0.2) is 5.78 Å². The number of carbonyl (C=O) groups excluding carboxylic acids is 2. The zero-order valence-corrected chi connectivity index (χ0v) is 15.1. The molecule has 1 rings (SSSR count). The minimum absolute atomic E-state index is 0.0871. The van der Waals surface area contributed by atoms with E-state index in [2.05, 4.69) is 37.5 Å². The Morgan fingerprint density at radius 1 is 1.17 bits per heavy atom. The maximum absolute atomic E-state index is 12.9. The van der Waals surface area contributed by atoms with Gasteiger partial charge in [0.05, 0.1) is 12.0 Å². The van der Waals surface area contributed by atoms with Gasteiger partial charge in [-0.3, -0.25) is 14.5 Å². The number of primary amides is 1. The van der Waals surface area contributed by atoms with Crippen molar-refractivity contribution in [2.45, 2.75) is 65.8 Å². The van der Waals surface area contributed by atoms with Crippen molar-refractivity contribution >= 4 is 11.7 Å². The van der Waals surface area contributed by atoms with Gasteiger partial charge in [-0.1, -0.05) is 40.0 Å². The first kappa shape index (κ1) is 19.7. The monoisotopic (exact) mass is 320 g/mol. The number of hydrogen-bond donors (Lipinski definition) is 1. The molecule has 1 aliphatic rings. The Kier molecular flexibility index (Phi) is 8.33. The Morgan fingerprint density at radius 2 is 1.83 bits per heavy atom. The number of nitrogens with two attached hydrogens (primary N) is 1. The number of amides is 1. The van der Waals surface area contributed by atoms with E-state index in [0.29, 0.717) is 18.8 Å². The van der Waals surface area contributed by atoms with Crippen LogP contribution < -0.4 is 5.73 Å². The van der Waals surface area contributed by atoms with E-state index in [4.69, 9.17) is 5.73 Å². The molecule has 1 aliphatic heterocycles. The molecule has 130 valence electrons. The molecule has 0 bridgehead atoms. The summed E-state index contributed by atoms with van der Waals surface area (Å²) in [6.45, 7) is 9.92. The van der Waals surface area contributed by atoms with E-state index in [9.17, 15) is 9.59 Å². The molecule has 1 fully saturated rings. The Hall–Kier alpha value is -1.34. The highest BCUT2D eigenvalue weighted by Gasteiger charge is 2.38. The molecule has 3 unspecified atom stereocenters. The van der Waals surface area contributed by atoms with Gasteiger partial charge >= 0.3 is 0 Å². The fraction of sp³-hybridized carbons (Fsp3) is 0.789. The van der Waals surface area contributed by atoms with E-state index in [1.165, 1.54) is 0 Å². The number of Topliss-reactive ketones (excluding diaryl/α,β-unsaturated/α-hetero) is 1. The minimum atomic E-state index is -0.386. The largest absolute Gasteiger partial charge is 0.369 e. The summed E-state index contributed by atoms with van der Waals surface area (Å²) in [4.78, 5) is 26.8. The van der Waals surface area contributed by atoms with Gasteiger partial charge in [0, 0.05) is 31.3 Å². The van der Waals surface area contributed by atoms with Crippen molar-refractivity contribution in [3.8, 4) is 11.8 Å². The molecule has 3 atom stereocenters. The highest BCUT2D eigenvalue weighted by Crippen LogP contribution is 2.25. The van der Waals surface area contributed by atoms with Crippen molar-refractivity contribution in [1.82, 2.24) is 4.90 Å². The molecule has 0 saturated carbocycles. The third kappa shape index (κ3) is 5.99. The number of carbonyl (C=O) groups is 2.